The van der Waals surface area contributed by atoms with Gasteiger partial charge in [0, 0.05) is 0 Å². The van der Waals surface area contributed by atoms with Gasteiger partial charge in [-0.15, -0.1) is 0 Å². The van der Waals surface area contributed by atoms with Crippen LogP contribution in [0.3, 0.4) is 0 Å². The minimum atomic E-state index is 0.0276. The summed E-state index contributed by atoms with van der Waals surface area (Å²) in [5, 5.41) is 16.5. The van der Waals surface area contributed by atoms with Crippen molar-refractivity contribution in [3.63, 3.8) is 0 Å². The Bertz CT molecular complexity index is 185. The smallest absolute Gasteiger partial charge is 0.154 e. The second-order valence-electron chi connectivity index (χ2n) is 2.62. The van der Waals surface area contributed by atoms with Gasteiger partial charge in [-0.05, 0) is 0 Å². The molecule has 0 fully saturated rings. The molecule has 0 saturated heterocycles. The second-order valence-corrected chi connectivity index (χ2v) is 2.62. The molecule has 0 bridgehead atoms. The van der Waals surface area contributed by atoms with Crippen LogP contribution in [-0.4, -0.2) is 63.1 Å². The monoisotopic (exact) mass is 234 g/mol. The fourth-order valence-electron chi connectivity index (χ4n) is 0.790. The highest BCUT2D eigenvalue weighted by molar-refractivity contribution is 4.76. The van der Waals surface area contributed by atoms with Gasteiger partial charge in [0.1, 0.15) is 6.61 Å². The molecule has 0 aliphatic rings. The van der Waals surface area contributed by atoms with Gasteiger partial charge in [0.2, 0.25) is 0 Å². The average Bonchev–Trinajstić information content (AvgIpc) is 2.31. The lowest BCUT2D eigenvalue weighted by Crippen LogP contribution is -2.12. The number of aliphatic hydroxyl groups excluding tert-OH is 2. The molecule has 0 unspecified atom stereocenters. The zero-order chi connectivity index (χ0) is 11.9. The average molecular weight is 234 g/mol. The van der Waals surface area contributed by atoms with Crippen molar-refractivity contribution in [1.82, 2.24) is 0 Å². The van der Waals surface area contributed by atoms with Crippen LogP contribution < -0.4 is 0 Å². The van der Waals surface area contributed by atoms with Crippen molar-refractivity contribution in [3.05, 3.63) is 0 Å². The van der Waals surface area contributed by atoms with Gasteiger partial charge in [0.15, 0.2) is 12.2 Å². The number of aliphatic hydroxyl groups is 2. The fourth-order valence-corrected chi connectivity index (χ4v) is 0.790. The summed E-state index contributed by atoms with van der Waals surface area (Å²) < 4.78 is 19.9. The SMILES string of the molecule is OC#COCCOCCOCCOCCO. The fraction of sp³-hybridized carbons (Fsp3) is 0.800. The van der Waals surface area contributed by atoms with Gasteiger partial charge in [0.25, 0.3) is 0 Å². The first-order valence-corrected chi connectivity index (χ1v) is 5.01. The van der Waals surface area contributed by atoms with E-state index in [4.69, 9.17) is 24.4 Å². The van der Waals surface area contributed by atoms with E-state index in [2.05, 4.69) is 4.74 Å². The minimum absolute atomic E-state index is 0.0276. The highest BCUT2D eigenvalue weighted by atomic mass is 16.6. The predicted octanol–water partition coefficient (Wildman–Crippen LogP) is -0.664. The normalized spacial score (nSPS) is 9.56. The molecular formula is C10H18O6. The van der Waals surface area contributed by atoms with Crippen molar-refractivity contribution in [1.29, 1.82) is 0 Å². The molecule has 0 aromatic rings. The zero-order valence-corrected chi connectivity index (χ0v) is 9.18. The van der Waals surface area contributed by atoms with Gasteiger partial charge in [-0.1, -0.05) is 0 Å². The van der Waals surface area contributed by atoms with Crippen molar-refractivity contribution in [2.75, 3.05) is 52.9 Å². The molecule has 0 radical (unpaired) electrons. The Balaban J connectivity index is 2.89. The van der Waals surface area contributed by atoms with Gasteiger partial charge >= 0.3 is 0 Å². The highest BCUT2D eigenvalue weighted by Gasteiger charge is 1.91. The summed E-state index contributed by atoms with van der Waals surface area (Å²) in [5.74, 6) is 0. The summed E-state index contributed by atoms with van der Waals surface area (Å²) in [6.45, 7) is 2.98. The van der Waals surface area contributed by atoms with Crippen LogP contribution in [0, 0.1) is 12.2 Å². The number of hydrogen-bond donors (Lipinski definition) is 2. The molecule has 0 rings (SSSR count). The van der Waals surface area contributed by atoms with E-state index >= 15 is 0 Å². The maximum atomic E-state index is 8.40. The van der Waals surface area contributed by atoms with Crippen LogP contribution in [0.25, 0.3) is 0 Å². The van der Waals surface area contributed by atoms with Crippen molar-refractivity contribution in [3.8, 4) is 12.2 Å². The Kier molecular flexibility index (Phi) is 13.1. The molecule has 0 heterocycles. The minimum Gasteiger partial charge on any atom is -0.460 e. The van der Waals surface area contributed by atoms with Crippen molar-refractivity contribution in [2.24, 2.45) is 0 Å². The van der Waals surface area contributed by atoms with E-state index in [0.29, 0.717) is 46.2 Å². The summed E-state index contributed by atoms with van der Waals surface area (Å²) in [6.07, 6.45) is 3.66. The summed E-state index contributed by atoms with van der Waals surface area (Å²) >= 11 is 0. The molecule has 16 heavy (non-hydrogen) atoms. The Morgan fingerprint density at radius 3 is 1.75 bits per heavy atom. The standard InChI is InChI=1S/C10H18O6/c11-1-3-13-5-7-15-9-10-16-8-6-14-4-2-12/h11-12H,1,3,5-10H2. The molecule has 6 nitrogen and oxygen atoms in total. The third-order valence-corrected chi connectivity index (χ3v) is 1.43. The molecule has 0 aliphatic heterocycles. The lowest BCUT2D eigenvalue weighted by molar-refractivity contribution is 0.00220. The van der Waals surface area contributed by atoms with Crippen LogP contribution in [0.1, 0.15) is 0 Å². The lowest BCUT2D eigenvalue weighted by atomic mass is 10.7. The second kappa shape index (κ2) is 14.0. The summed E-state index contributed by atoms with van der Waals surface area (Å²) in [7, 11) is 0. The highest BCUT2D eigenvalue weighted by Crippen LogP contribution is 1.81. The number of rotatable bonds is 11. The molecule has 0 aromatic heterocycles. The lowest BCUT2D eigenvalue weighted by Gasteiger charge is -2.05. The van der Waals surface area contributed by atoms with E-state index in [9.17, 15) is 0 Å². The molecule has 2 N–H and O–H groups in total. The number of ether oxygens (including phenoxy) is 4. The predicted molar refractivity (Wildman–Crippen MR) is 55.2 cm³/mol. The molecule has 0 aliphatic carbocycles. The van der Waals surface area contributed by atoms with E-state index in [-0.39, 0.29) is 6.61 Å². The molecule has 0 amide bonds. The van der Waals surface area contributed by atoms with E-state index in [1.807, 2.05) is 6.11 Å². The van der Waals surface area contributed by atoms with Crippen LogP contribution in [-0.2, 0) is 18.9 Å². The van der Waals surface area contributed by atoms with Gasteiger partial charge in [0.05, 0.1) is 46.2 Å². The van der Waals surface area contributed by atoms with Gasteiger partial charge < -0.3 is 29.2 Å². The van der Waals surface area contributed by atoms with E-state index < -0.39 is 0 Å². The Morgan fingerprint density at radius 1 is 0.750 bits per heavy atom. The van der Waals surface area contributed by atoms with Gasteiger partial charge in [-0.2, -0.15) is 0 Å². The molecule has 6 heteroatoms. The quantitative estimate of drug-likeness (QED) is 0.365. The van der Waals surface area contributed by atoms with E-state index in [1.54, 1.807) is 6.11 Å². The van der Waals surface area contributed by atoms with E-state index in [0.717, 1.165) is 0 Å². The van der Waals surface area contributed by atoms with Crippen LogP contribution in [0.4, 0.5) is 0 Å². The van der Waals surface area contributed by atoms with Crippen LogP contribution >= 0.6 is 0 Å². The third kappa shape index (κ3) is 13.0. The van der Waals surface area contributed by atoms with Crippen molar-refractivity contribution < 1.29 is 29.2 Å². The van der Waals surface area contributed by atoms with Gasteiger partial charge in [-0.3, -0.25) is 0 Å². The summed E-state index contributed by atoms with van der Waals surface area (Å²) in [5.41, 5.74) is 0. The summed E-state index contributed by atoms with van der Waals surface area (Å²) in [6, 6.07) is 0. The van der Waals surface area contributed by atoms with E-state index in [1.165, 1.54) is 0 Å². The molecule has 94 valence electrons. The van der Waals surface area contributed by atoms with Crippen LogP contribution in [0.2, 0.25) is 0 Å². The first-order valence-electron chi connectivity index (χ1n) is 5.01. The Labute approximate surface area is 95.1 Å². The van der Waals surface area contributed by atoms with Crippen LogP contribution in [0.5, 0.6) is 0 Å². The first kappa shape index (κ1) is 15.0. The third-order valence-electron chi connectivity index (χ3n) is 1.43. The summed E-state index contributed by atoms with van der Waals surface area (Å²) in [4.78, 5) is 0. The molecule has 0 aromatic carbocycles. The molecule has 0 saturated carbocycles. The van der Waals surface area contributed by atoms with Crippen LogP contribution in [0.15, 0.2) is 0 Å². The maximum absolute atomic E-state index is 8.40. The Hall–Kier alpha value is -1.00. The zero-order valence-electron chi connectivity index (χ0n) is 9.18. The largest absolute Gasteiger partial charge is 0.460 e. The molecule has 0 spiro atoms. The Morgan fingerprint density at radius 2 is 1.25 bits per heavy atom. The maximum Gasteiger partial charge on any atom is 0.154 e. The van der Waals surface area contributed by atoms with Crippen molar-refractivity contribution >= 4 is 0 Å². The first-order chi connectivity index (χ1) is 7.91. The molecular weight excluding hydrogens is 216 g/mol. The number of hydrogen-bond acceptors (Lipinski definition) is 6. The molecule has 0 atom stereocenters. The van der Waals surface area contributed by atoms with Gasteiger partial charge in [-0.25, -0.2) is 0 Å². The van der Waals surface area contributed by atoms with Crippen molar-refractivity contribution in [2.45, 2.75) is 0 Å². The topological polar surface area (TPSA) is 77.4 Å².